The van der Waals surface area contributed by atoms with Gasteiger partial charge in [0.25, 0.3) is 0 Å². The van der Waals surface area contributed by atoms with E-state index in [9.17, 15) is 0 Å². The zero-order chi connectivity index (χ0) is 21.3. The van der Waals surface area contributed by atoms with E-state index in [1.807, 2.05) is 0 Å². The molecule has 156 valence electrons. The van der Waals surface area contributed by atoms with E-state index < -0.39 is 0 Å². The standard InChI is InChI=1S/C31H26O/c1-31-17-16-20(28-15-8-18-32-28)19-27(31)30-24-12-5-3-10-22(24)21-9-2-4-11-23(21)29(30)25-13-6-7-14-26(25)31/h2-6,9-13,15-17,19,27H,7-8,14,18H2,1H3. The van der Waals surface area contributed by atoms with Crippen LogP contribution in [0.3, 0.4) is 0 Å². The molecule has 1 nitrogen and oxygen atoms in total. The second-order valence-corrected chi connectivity index (χ2v) is 9.63. The van der Waals surface area contributed by atoms with E-state index in [-0.39, 0.29) is 5.41 Å². The highest BCUT2D eigenvalue weighted by atomic mass is 16.5. The molecule has 0 fully saturated rings. The zero-order valence-corrected chi connectivity index (χ0v) is 18.4. The summed E-state index contributed by atoms with van der Waals surface area (Å²) >= 11 is 0. The third kappa shape index (κ3) is 2.34. The largest absolute Gasteiger partial charge is 0.493 e. The van der Waals surface area contributed by atoms with Crippen LogP contribution >= 0.6 is 0 Å². The van der Waals surface area contributed by atoms with Crippen LogP contribution in [0.25, 0.3) is 27.1 Å². The molecule has 0 radical (unpaired) electrons. The predicted octanol–water partition coefficient (Wildman–Crippen LogP) is 8.00. The minimum Gasteiger partial charge on any atom is -0.493 e. The van der Waals surface area contributed by atoms with Gasteiger partial charge in [0.05, 0.1) is 6.61 Å². The van der Waals surface area contributed by atoms with Crippen LogP contribution in [0.5, 0.6) is 0 Å². The normalized spacial score (nSPS) is 25.8. The van der Waals surface area contributed by atoms with Crippen molar-refractivity contribution in [3.63, 3.8) is 0 Å². The molecular weight excluding hydrogens is 388 g/mol. The lowest BCUT2D eigenvalue weighted by Gasteiger charge is -2.46. The average Bonchev–Trinajstić information content (AvgIpc) is 3.39. The van der Waals surface area contributed by atoms with E-state index >= 15 is 0 Å². The Morgan fingerprint density at radius 3 is 2.41 bits per heavy atom. The summed E-state index contributed by atoms with van der Waals surface area (Å²) in [5, 5.41) is 5.47. The number of rotatable bonds is 1. The lowest BCUT2D eigenvalue weighted by Crippen LogP contribution is -2.33. The molecule has 0 saturated heterocycles. The SMILES string of the molecule is CC12C=CC(C3=CCCO3)=CC1c1c(c3ccccc3c3ccccc13)C1=C2CCC=C1. The van der Waals surface area contributed by atoms with Crippen LogP contribution < -0.4 is 0 Å². The van der Waals surface area contributed by atoms with Crippen LogP contribution in [0.2, 0.25) is 0 Å². The molecule has 3 aliphatic carbocycles. The van der Waals surface area contributed by atoms with Gasteiger partial charge < -0.3 is 4.74 Å². The maximum absolute atomic E-state index is 5.98. The molecule has 3 aromatic carbocycles. The van der Waals surface area contributed by atoms with Crippen molar-refractivity contribution in [3.05, 3.63) is 113 Å². The predicted molar refractivity (Wildman–Crippen MR) is 133 cm³/mol. The van der Waals surface area contributed by atoms with Crippen LogP contribution in [-0.2, 0) is 4.74 Å². The van der Waals surface area contributed by atoms with E-state index in [2.05, 4.69) is 91.9 Å². The number of allylic oxidation sites excluding steroid dienone is 7. The van der Waals surface area contributed by atoms with Gasteiger partial charge in [-0.25, -0.2) is 0 Å². The lowest BCUT2D eigenvalue weighted by atomic mass is 9.57. The summed E-state index contributed by atoms with van der Waals surface area (Å²) in [4.78, 5) is 0. The molecule has 1 aliphatic heterocycles. The van der Waals surface area contributed by atoms with Crippen molar-refractivity contribution in [1.29, 1.82) is 0 Å². The number of ether oxygens (including phenoxy) is 1. The van der Waals surface area contributed by atoms with Crippen LogP contribution in [0.15, 0.2) is 102 Å². The Morgan fingerprint density at radius 2 is 1.62 bits per heavy atom. The van der Waals surface area contributed by atoms with Crippen molar-refractivity contribution in [1.82, 2.24) is 0 Å². The highest BCUT2D eigenvalue weighted by Crippen LogP contribution is 2.59. The van der Waals surface area contributed by atoms with E-state index in [4.69, 9.17) is 4.74 Å². The first kappa shape index (κ1) is 18.3. The third-order valence-corrected chi connectivity index (χ3v) is 7.97. The molecule has 2 unspecified atom stereocenters. The van der Waals surface area contributed by atoms with Gasteiger partial charge in [0, 0.05) is 23.3 Å². The smallest absolute Gasteiger partial charge is 0.122 e. The second-order valence-electron chi connectivity index (χ2n) is 9.63. The van der Waals surface area contributed by atoms with Crippen molar-refractivity contribution >= 4 is 27.1 Å². The minimum atomic E-state index is -0.0129. The molecule has 7 rings (SSSR count). The van der Waals surface area contributed by atoms with Crippen molar-refractivity contribution in [2.24, 2.45) is 5.41 Å². The Labute approximate surface area is 189 Å². The molecule has 2 atom stereocenters. The van der Waals surface area contributed by atoms with E-state index in [0.29, 0.717) is 5.92 Å². The van der Waals surface area contributed by atoms with Crippen molar-refractivity contribution in [3.8, 4) is 0 Å². The van der Waals surface area contributed by atoms with Crippen LogP contribution in [0.4, 0.5) is 0 Å². The first-order chi connectivity index (χ1) is 15.8. The summed E-state index contributed by atoms with van der Waals surface area (Å²) in [5.41, 5.74) is 7.19. The fourth-order valence-corrected chi connectivity index (χ4v) is 6.47. The molecule has 0 amide bonds. The summed E-state index contributed by atoms with van der Waals surface area (Å²) in [6.07, 6.45) is 17.5. The van der Waals surface area contributed by atoms with E-state index in [1.165, 1.54) is 43.8 Å². The van der Waals surface area contributed by atoms with Crippen LogP contribution in [0, 0.1) is 5.41 Å². The molecule has 0 spiro atoms. The zero-order valence-electron chi connectivity index (χ0n) is 18.4. The van der Waals surface area contributed by atoms with E-state index in [1.54, 1.807) is 5.57 Å². The first-order valence-corrected chi connectivity index (χ1v) is 11.8. The first-order valence-electron chi connectivity index (χ1n) is 11.8. The maximum Gasteiger partial charge on any atom is 0.122 e. The molecular formula is C31H26O. The summed E-state index contributed by atoms with van der Waals surface area (Å²) < 4.78 is 5.98. The fraction of sp³-hybridized carbons (Fsp3) is 0.226. The van der Waals surface area contributed by atoms with Crippen molar-refractivity contribution < 1.29 is 4.74 Å². The van der Waals surface area contributed by atoms with Gasteiger partial charge in [-0.1, -0.05) is 91.4 Å². The highest BCUT2D eigenvalue weighted by molar-refractivity contribution is 6.15. The van der Waals surface area contributed by atoms with Gasteiger partial charge in [-0.05, 0) is 57.2 Å². The summed E-state index contributed by atoms with van der Waals surface area (Å²) in [5.74, 6) is 1.35. The average molecular weight is 415 g/mol. The highest BCUT2D eigenvalue weighted by Gasteiger charge is 2.45. The van der Waals surface area contributed by atoms with Gasteiger partial charge in [0.15, 0.2) is 0 Å². The quantitative estimate of drug-likeness (QED) is 0.367. The van der Waals surface area contributed by atoms with Gasteiger partial charge in [-0.2, -0.15) is 0 Å². The summed E-state index contributed by atoms with van der Waals surface area (Å²) in [7, 11) is 0. The van der Waals surface area contributed by atoms with Crippen molar-refractivity contribution in [2.45, 2.75) is 32.1 Å². The molecule has 0 aromatic heterocycles. The van der Waals surface area contributed by atoms with Gasteiger partial charge in [0.2, 0.25) is 0 Å². The van der Waals surface area contributed by atoms with Crippen LogP contribution in [-0.4, -0.2) is 6.61 Å². The van der Waals surface area contributed by atoms with Gasteiger partial charge in [0.1, 0.15) is 5.76 Å². The van der Waals surface area contributed by atoms with Gasteiger partial charge >= 0.3 is 0 Å². The fourth-order valence-electron chi connectivity index (χ4n) is 6.47. The molecule has 0 N–H and O–H groups in total. The number of fused-ring (bicyclic) bond motifs is 10. The van der Waals surface area contributed by atoms with E-state index in [0.717, 1.165) is 31.6 Å². The minimum absolute atomic E-state index is 0.0129. The number of hydrogen-bond donors (Lipinski definition) is 0. The monoisotopic (exact) mass is 414 g/mol. The molecule has 1 heteroatoms. The maximum atomic E-state index is 5.98. The summed E-state index contributed by atoms with van der Waals surface area (Å²) in [6, 6.07) is 18.0. The number of hydrogen-bond acceptors (Lipinski definition) is 1. The molecule has 32 heavy (non-hydrogen) atoms. The second kappa shape index (κ2) is 6.59. The molecule has 3 aromatic rings. The number of benzene rings is 3. The summed E-state index contributed by atoms with van der Waals surface area (Å²) in [6.45, 7) is 3.25. The van der Waals surface area contributed by atoms with Gasteiger partial charge in [-0.15, -0.1) is 0 Å². The Kier molecular flexibility index (Phi) is 3.76. The lowest BCUT2D eigenvalue weighted by molar-refractivity contribution is 0.252. The third-order valence-electron chi connectivity index (χ3n) is 7.97. The molecule has 4 aliphatic rings. The molecule has 0 saturated carbocycles. The van der Waals surface area contributed by atoms with Gasteiger partial charge in [-0.3, -0.25) is 0 Å². The van der Waals surface area contributed by atoms with Crippen LogP contribution in [0.1, 0.15) is 43.2 Å². The molecule has 0 bridgehead atoms. The Morgan fingerprint density at radius 1 is 0.875 bits per heavy atom. The Balaban J connectivity index is 1.64. The Bertz CT molecular complexity index is 1460. The Hall–Kier alpha value is -3.32. The van der Waals surface area contributed by atoms with Crippen molar-refractivity contribution in [2.75, 3.05) is 6.61 Å². The molecule has 1 heterocycles. The topological polar surface area (TPSA) is 9.23 Å².